The van der Waals surface area contributed by atoms with Gasteiger partial charge in [-0.05, 0) is 30.3 Å². The van der Waals surface area contributed by atoms with Gasteiger partial charge >= 0.3 is 5.97 Å². The average Bonchev–Trinajstić information content (AvgIpc) is 3.11. The Hall–Kier alpha value is -2.88. The molecule has 0 fully saturated rings. The quantitative estimate of drug-likeness (QED) is 0.589. The number of benzene rings is 2. The van der Waals surface area contributed by atoms with E-state index in [0.717, 1.165) is 0 Å². The Labute approximate surface area is 172 Å². The summed E-state index contributed by atoms with van der Waals surface area (Å²) in [5.74, 6) is 0.478. The molecule has 1 aromatic heterocycles. The molecule has 8 nitrogen and oxygen atoms in total. The Morgan fingerprint density at radius 2 is 1.79 bits per heavy atom. The first-order valence-electron chi connectivity index (χ1n) is 8.26. The molecule has 0 saturated heterocycles. The van der Waals surface area contributed by atoms with Crippen LogP contribution in [0.3, 0.4) is 0 Å². The number of ether oxygens (including phenoxy) is 2. The Kier molecular flexibility index (Phi) is 5.92. The van der Waals surface area contributed by atoms with E-state index in [1.165, 1.54) is 26.4 Å². The van der Waals surface area contributed by atoms with Crippen molar-refractivity contribution in [3.05, 3.63) is 53.4 Å². The number of carbonyl (C=O) groups excluding carboxylic acids is 1. The zero-order valence-corrected chi connectivity index (χ0v) is 17.1. The SMILES string of the molecule is COC(=O)Cc1nc(-c2ccc(S(N)(=O)=O)cc2)c(-c2ccc(OC)c(Cl)c2)o1. The van der Waals surface area contributed by atoms with Gasteiger partial charge in [0.15, 0.2) is 5.76 Å². The maximum Gasteiger partial charge on any atom is 0.314 e. The lowest BCUT2D eigenvalue weighted by molar-refractivity contribution is -0.140. The normalized spacial score (nSPS) is 11.3. The van der Waals surface area contributed by atoms with E-state index in [9.17, 15) is 13.2 Å². The molecule has 0 aliphatic carbocycles. The molecule has 29 heavy (non-hydrogen) atoms. The van der Waals surface area contributed by atoms with E-state index in [1.807, 2.05) is 0 Å². The number of rotatable bonds is 6. The summed E-state index contributed by atoms with van der Waals surface area (Å²) in [5, 5.41) is 5.51. The van der Waals surface area contributed by atoms with Gasteiger partial charge in [-0.2, -0.15) is 0 Å². The molecule has 0 spiro atoms. The summed E-state index contributed by atoms with van der Waals surface area (Å²) in [6.45, 7) is 0. The molecule has 2 N–H and O–H groups in total. The first-order chi connectivity index (χ1) is 13.7. The molecule has 2 aromatic carbocycles. The fourth-order valence-corrected chi connectivity index (χ4v) is 3.41. The van der Waals surface area contributed by atoms with Gasteiger partial charge in [-0.25, -0.2) is 18.5 Å². The van der Waals surface area contributed by atoms with E-state index >= 15 is 0 Å². The smallest absolute Gasteiger partial charge is 0.314 e. The number of carbonyl (C=O) groups is 1. The fourth-order valence-electron chi connectivity index (χ4n) is 2.64. The Bertz CT molecular complexity index is 1160. The Morgan fingerprint density at radius 3 is 2.34 bits per heavy atom. The highest BCUT2D eigenvalue weighted by molar-refractivity contribution is 7.89. The van der Waals surface area contributed by atoms with Gasteiger partial charge in [0.05, 0.1) is 24.1 Å². The van der Waals surface area contributed by atoms with Crippen molar-refractivity contribution < 1.29 is 27.1 Å². The zero-order chi connectivity index (χ0) is 21.2. The summed E-state index contributed by atoms with van der Waals surface area (Å²) >= 11 is 6.22. The first kappa shape index (κ1) is 20.8. The molecule has 0 bridgehead atoms. The molecule has 1 heterocycles. The second-order valence-electron chi connectivity index (χ2n) is 5.96. The number of aromatic nitrogens is 1. The number of primary sulfonamides is 1. The van der Waals surface area contributed by atoms with Crippen LogP contribution in [0.4, 0.5) is 0 Å². The molecule has 3 aromatic rings. The molecule has 0 saturated carbocycles. The average molecular weight is 437 g/mol. The molecule has 0 aliphatic rings. The van der Waals surface area contributed by atoms with Gasteiger partial charge < -0.3 is 13.9 Å². The van der Waals surface area contributed by atoms with Crippen molar-refractivity contribution in [2.45, 2.75) is 11.3 Å². The Morgan fingerprint density at radius 1 is 1.14 bits per heavy atom. The molecule has 3 rings (SSSR count). The zero-order valence-electron chi connectivity index (χ0n) is 15.5. The van der Waals surface area contributed by atoms with Crippen LogP contribution in [-0.2, 0) is 26.0 Å². The van der Waals surface area contributed by atoms with Gasteiger partial charge in [-0.15, -0.1) is 0 Å². The van der Waals surface area contributed by atoms with Crippen molar-refractivity contribution in [3.63, 3.8) is 0 Å². The number of hydrogen-bond donors (Lipinski definition) is 1. The predicted molar refractivity (Wildman–Crippen MR) is 106 cm³/mol. The lowest BCUT2D eigenvalue weighted by Gasteiger charge is -2.06. The van der Waals surface area contributed by atoms with Crippen molar-refractivity contribution in [1.29, 1.82) is 0 Å². The predicted octanol–water partition coefficient (Wildman–Crippen LogP) is 3.03. The van der Waals surface area contributed by atoms with Crippen molar-refractivity contribution in [3.8, 4) is 28.3 Å². The number of nitrogens with zero attached hydrogens (tertiary/aromatic N) is 1. The maximum absolute atomic E-state index is 11.6. The lowest BCUT2D eigenvalue weighted by atomic mass is 10.1. The summed E-state index contributed by atoms with van der Waals surface area (Å²) in [7, 11) is -1.06. The monoisotopic (exact) mass is 436 g/mol. The maximum atomic E-state index is 11.6. The van der Waals surface area contributed by atoms with Crippen LogP contribution in [0.5, 0.6) is 5.75 Å². The minimum atomic E-state index is -3.83. The van der Waals surface area contributed by atoms with Crippen LogP contribution in [0.1, 0.15) is 5.89 Å². The summed E-state index contributed by atoms with van der Waals surface area (Å²) in [5.41, 5.74) is 1.58. The van der Waals surface area contributed by atoms with Crippen LogP contribution in [0.2, 0.25) is 5.02 Å². The van der Waals surface area contributed by atoms with E-state index < -0.39 is 16.0 Å². The molecule has 0 amide bonds. The molecule has 0 aliphatic heterocycles. The van der Waals surface area contributed by atoms with Gasteiger partial charge in [0.1, 0.15) is 17.9 Å². The number of hydrogen-bond acceptors (Lipinski definition) is 7. The summed E-state index contributed by atoms with van der Waals surface area (Å²) in [4.78, 5) is 16.0. The highest BCUT2D eigenvalue weighted by atomic mass is 35.5. The molecule has 152 valence electrons. The van der Waals surface area contributed by atoms with Gasteiger partial charge in [-0.1, -0.05) is 23.7 Å². The van der Waals surface area contributed by atoms with Crippen molar-refractivity contribution >= 4 is 27.6 Å². The highest BCUT2D eigenvalue weighted by Gasteiger charge is 2.20. The minimum Gasteiger partial charge on any atom is -0.495 e. The number of oxazole rings is 1. The van der Waals surface area contributed by atoms with Crippen molar-refractivity contribution in [2.24, 2.45) is 5.14 Å². The van der Waals surface area contributed by atoms with Crippen LogP contribution >= 0.6 is 11.6 Å². The lowest BCUT2D eigenvalue weighted by Crippen LogP contribution is -2.11. The topological polar surface area (TPSA) is 122 Å². The van der Waals surface area contributed by atoms with Gasteiger partial charge in [0.2, 0.25) is 15.9 Å². The standard InChI is InChI=1S/C19H17ClN2O6S/c1-26-15-8-5-12(9-14(15)20)19-18(22-16(28-19)10-17(23)27-2)11-3-6-13(7-4-11)29(21,24)25/h3-9H,10H2,1-2H3,(H2,21,24,25). The van der Waals surface area contributed by atoms with E-state index in [1.54, 1.807) is 30.3 Å². The van der Waals surface area contributed by atoms with Crippen molar-refractivity contribution in [1.82, 2.24) is 4.98 Å². The van der Waals surface area contributed by atoms with Crippen LogP contribution < -0.4 is 9.88 Å². The number of methoxy groups -OCH3 is 2. The molecule has 10 heteroatoms. The summed E-state index contributed by atoms with van der Waals surface area (Å²) in [6.07, 6.45) is -0.164. The molecule has 0 atom stereocenters. The second kappa shape index (κ2) is 8.24. The Balaban J connectivity index is 2.12. The summed E-state index contributed by atoms with van der Waals surface area (Å²) in [6, 6.07) is 10.9. The molecule has 0 unspecified atom stereocenters. The summed E-state index contributed by atoms with van der Waals surface area (Å²) < 4.78 is 38.6. The van der Waals surface area contributed by atoms with E-state index in [2.05, 4.69) is 9.72 Å². The molecule has 0 radical (unpaired) electrons. The molecular formula is C19H17ClN2O6S. The second-order valence-corrected chi connectivity index (χ2v) is 7.93. The number of esters is 1. The van der Waals surface area contributed by atoms with Gasteiger partial charge in [-0.3, -0.25) is 4.79 Å². The third kappa shape index (κ3) is 4.58. The van der Waals surface area contributed by atoms with E-state index in [0.29, 0.717) is 33.4 Å². The largest absolute Gasteiger partial charge is 0.495 e. The third-order valence-corrected chi connectivity index (χ3v) is 5.29. The number of halogens is 1. The van der Waals surface area contributed by atoms with E-state index in [-0.39, 0.29) is 17.2 Å². The fraction of sp³-hybridized carbons (Fsp3) is 0.158. The van der Waals surface area contributed by atoms with Crippen LogP contribution in [-0.4, -0.2) is 33.6 Å². The highest BCUT2D eigenvalue weighted by Crippen LogP contribution is 2.36. The number of nitrogens with two attached hydrogens (primary N) is 1. The first-order valence-corrected chi connectivity index (χ1v) is 10.2. The van der Waals surface area contributed by atoms with E-state index in [4.69, 9.17) is 25.9 Å². The minimum absolute atomic E-state index is 0.0337. The number of sulfonamides is 1. The van der Waals surface area contributed by atoms with Gasteiger partial charge in [0, 0.05) is 11.1 Å². The van der Waals surface area contributed by atoms with Crippen molar-refractivity contribution in [2.75, 3.05) is 14.2 Å². The third-order valence-electron chi connectivity index (χ3n) is 4.06. The molecular weight excluding hydrogens is 420 g/mol. The van der Waals surface area contributed by atoms with Crippen LogP contribution in [0.15, 0.2) is 51.8 Å². The van der Waals surface area contributed by atoms with Crippen LogP contribution in [0.25, 0.3) is 22.6 Å². The van der Waals surface area contributed by atoms with Gasteiger partial charge in [0.25, 0.3) is 0 Å². The van der Waals surface area contributed by atoms with Crippen LogP contribution in [0, 0.1) is 0 Å².